The topological polar surface area (TPSA) is 51.5 Å². The number of carboxylic acids is 1. The maximum atomic E-state index is 11.5. The Morgan fingerprint density at radius 2 is 1.78 bits per heavy atom. The van der Waals surface area contributed by atoms with E-state index < -0.39 is 5.97 Å². The molecule has 0 atom stereocenters. The molecule has 0 aliphatic carbocycles. The smallest absolute Gasteiger partial charge is 0.338 e. The van der Waals surface area contributed by atoms with E-state index >= 15 is 0 Å². The van der Waals surface area contributed by atoms with Gasteiger partial charge in [0.1, 0.15) is 12.4 Å². The van der Waals surface area contributed by atoms with Crippen molar-refractivity contribution in [1.82, 2.24) is 4.57 Å². The molecule has 1 N–H and O–H groups in total. The van der Waals surface area contributed by atoms with Crippen molar-refractivity contribution in [3.8, 4) is 5.75 Å². The molecule has 1 heterocycles. The largest absolute Gasteiger partial charge is 0.491 e. The van der Waals surface area contributed by atoms with Crippen LogP contribution in [0.5, 0.6) is 5.75 Å². The monoisotopic (exact) mass is 309 g/mol. The highest BCUT2D eigenvalue weighted by Gasteiger charge is 2.18. The molecular weight excluding hydrogens is 290 g/mol. The predicted octanol–water partition coefficient (Wildman–Crippen LogP) is 4.04. The lowest BCUT2D eigenvalue weighted by Crippen LogP contribution is -2.10. The van der Waals surface area contributed by atoms with Crippen molar-refractivity contribution in [3.05, 3.63) is 65.4 Å². The standard InChI is InChI=1S/C19H19NO3/c1-13-7-3-6-10-17(13)23-12-11-20-14(2)18(19(21)22)15-8-4-5-9-16(15)20/h3-10H,11-12H2,1-2H3,(H,21,22). The highest BCUT2D eigenvalue weighted by atomic mass is 16.5. The number of nitrogens with zero attached hydrogens (tertiary/aromatic N) is 1. The van der Waals surface area contributed by atoms with Crippen LogP contribution >= 0.6 is 0 Å². The van der Waals surface area contributed by atoms with Gasteiger partial charge < -0.3 is 14.4 Å². The number of aromatic nitrogens is 1. The van der Waals surface area contributed by atoms with Crippen LogP contribution in [0.1, 0.15) is 21.6 Å². The number of aryl methyl sites for hydroxylation is 1. The SMILES string of the molecule is Cc1ccccc1OCCn1c(C)c(C(=O)O)c2ccccc21. The van der Waals surface area contributed by atoms with Crippen LogP contribution in [0.4, 0.5) is 0 Å². The van der Waals surface area contributed by atoms with E-state index in [1.165, 1.54) is 0 Å². The van der Waals surface area contributed by atoms with Gasteiger partial charge in [0.2, 0.25) is 0 Å². The number of rotatable bonds is 5. The number of hydrogen-bond acceptors (Lipinski definition) is 2. The van der Waals surface area contributed by atoms with Crippen LogP contribution in [-0.4, -0.2) is 22.2 Å². The minimum atomic E-state index is -0.891. The van der Waals surface area contributed by atoms with E-state index in [-0.39, 0.29) is 0 Å². The van der Waals surface area contributed by atoms with Crippen LogP contribution in [0.2, 0.25) is 0 Å². The first-order valence-corrected chi connectivity index (χ1v) is 7.59. The van der Waals surface area contributed by atoms with Crippen molar-refractivity contribution >= 4 is 16.9 Å². The first-order valence-electron chi connectivity index (χ1n) is 7.59. The van der Waals surface area contributed by atoms with E-state index in [0.29, 0.717) is 18.7 Å². The van der Waals surface area contributed by atoms with Gasteiger partial charge in [0, 0.05) is 16.6 Å². The maximum Gasteiger partial charge on any atom is 0.338 e. The lowest BCUT2D eigenvalue weighted by atomic mass is 10.1. The maximum absolute atomic E-state index is 11.5. The van der Waals surface area contributed by atoms with Gasteiger partial charge in [-0.3, -0.25) is 0 Å². The Bertz CT molecular complexity index is 864. The Balaban J connectivity index is 1.87. The highest BCUT2D eigenvalue weighted by molar-refractivity contribution is 6.05. The summed E-state index contributed by atoms with van der Waals surface area (Å²) < 4.78 is 7.86. The summed E-state index contributed by atoms with van der Waals surface area (Å²) in [7, 11) is 0. The molecule has 0 radical (unpaired) electrons. The zero-order chi connectivity index (χ0) is 16.4. The van der Waals surface area contributed by atoms with E-state index in [1.807, 2.05) is 66.9 Å². The van der Waals surface area contributed by atoms with Gasteiger partial charge in [-0.05, 0) is 31.5 Å². The molecule has 4 heteroatoms. The second kappa shape index (κ2) is 6.16. The summed E-state index contributed by atoms with van der Waals surface area (Å²) in [6.07, 6.45) is 0. The molecule has 0 aliphatic heterocycles. The lowest BCUT2D eigenvalue weighted by molar-refractivity contribution is 0.0698. The Labute approximate surface area is 134 Å². The van der Waals surface area contributed by atoms with Crippen LogP contribution in [0.25, 0.3) is 10.9 Å². The Hall–Kier alpha value is -2.75. The second-order valence-electron chi connectivity index (χ2n) is 5.55. The fourth-order valence-electron chi connectivity index (χ4n) is 2.95. The molecule has 0 saturated heterocycles. The van der Waals surface area contributed by atoms with E-state index in [9.17, 15) is 9.90 Å². The van der Waals surface area contributed by atoms with Gasteiger partial charge in [-0.1, -0.05) is 36.4 Å². The van der Waals surface area contributed by atoms with Crippen molar-refractivity contribution in [2.45, 2.75) is 20.4 Å². The van der Waals surface area contributed by atoms with Crippen LogP contribution < -0.4 is 4.74 Å². The summed E-state index contributed by atoms with van der Waals surface area (Å²) in [5, 5.41) is 10.2. The zero-order valence-corrected chi connectivity index (χ0v) is 13.2. The molecule has 3 aromatic rings. The summed E-state index contributed by atoms with van der Waals surface area (Å²) in [5.41, 5.74) is 3.15. The summed E-state index contributed by atoms with van der Waals surface area (Å²) in [6.45, 7) is 4.95. The van der Waals surface area contributed by atoms with Crippen molar-refractivity contribution < 1.29 is 14.6 Å². The summed E-state index contributed by atoms with van der Waals surface area (Å²) in [6, 6.07) is 15.5. The first kappa shape index (κ1) is 15.2. The third-order valence-corrected chi connectivity index (χ3v) is 4.11. The fourth-order valence-corrected chi connectivity index (χ4v) is 2.95. The number of carboxylic acid groups (broad SMARTS) is 1. The van der Waals surface area contributed by atoms with Crippen molar-refractivity contribution in [2.24, 2.45) is 0 Å². The molecule has 0 bridgehead atoms. The highest BCUT2D eigenvalue weighted by Crippen LogP contribution is 2.26. The molecule has 0 amide bonds. The summed E-state index contributed by atoms with van der Waals surface area (Å²) in [5.74, 6) is -0.0302. The van der Waals surface area contributed by atoms with Gasteiger partial charge in [-0.2, -0.15) is 0 Å². The molecule has 0 saturated carbocycles. The molecular formula is C19H19NO3. The number of para-hydroxylation sites is 2. The number of carbonyl (C=O) groups is 1. The minimum absolute atomic E-state index is 0.372. The van der Waals surface area contributed by atoms with Gasteiger partial charge in [0.05, 0.1) is 12.1 Å². The average molecular weight is 309 g/mol. The molecule has 0 unspecified atom stereocenters. The van der Waals surface area contributed by atoms with Gasteiger partial charge in [0.25, 0.3) is 0 Å². The van der Waals surface area contributed by atoms with Crippen LogP contribution in [0.3, 0.4) is 0 Å². The molecule has 118 valence electrons. The summed E-state index contributed by atoms with van der Waals surface area (Å²) in [4.78, 5) is 11.5. The molecule has 3 rings (SSSR count). The molecule has 0 aliphatic rings. The first-order chi connectivity index (χ1) is 11.1. The number of fused-ring (bicyclic) bond motifs is 1. The van der Waals surface area contributed by atoms with Crippen LogP contribution in [0, 0.1) is 13.8 Å². The summed E-state index contributed by atoms with van der Waals surface area (Å²) >= 11 is 0. The third kappa shape index (κ3) is 2.80. The lowest BCUT2D eigenvalue weighted by Gasteiger charge is -2.11. The van der Waals surface area contributed by atoms with E-state index in [4.69, 9.17) is 4.74 Å². The Kier molecular flexibility index (Phi) is 4.06. The second-order valence-corrected chi connectivity index (χ2v) is 5.55. The van der Waals surface area contributed by atoms with Crippen molar-refractivity contribution in [2.75, 3.05) is 6.61 Å². The van der Waals surface area contributed by atoms with E-state index in [0.717, 1.165) is 27.9 Å². The predicted molar refractivity (Wildman–Crippen MR) is 90.3 cm³/mol. The average Bonchev–Trinajstić information content (AvgIpc) is 2.81. The Morgan fingerprint density at radius 1 is 1.09 bits per heavy atom. The Morgan fingerprint density at radius 3 is 2.52 bits per heavy atom. The van der Waals surface area contributed by atoms with E-state index in [1.54, 1.807) is 0 Å². The minimum Gasteiger partial charge on any atom is -0.491 e. The number of hydrogen-bond donors (Lipinski definition) is 1. The van der Waals surface area contributed by atoms with E-state index in [2.05, 4.69) is 0 Å². The zero-order valence-electron chi connectivity index (χ0n) is 13.2. The number of benzene rings is 2. The molecule has 4 nitrogen and oxygen atoms in total. The van der Waals surface area contributed by atoms with Gasteiger partial charge in [0.15, 0.2) is 0 Å². The van der Waals surface area contributed by atoms with Crippen LogP contribution in [-0.2, 0) is 6.54 Å². The quantitative estimate of drug-likeness (QED) is 0.774. The van der Waals surface area contributed by atoms with Crippen molar-refractivity contribution in [3.63, 3.8) is 0 Å². The number of aromatic carboxylic acids is 1. The molecule has 1 aromatic heterocycles. The fraction of sp³-hybridized carbons (Fsp3) is 0.211. The third-order valence-electron chi connectivity index (χ3n) is 4.11. The molecule has 0 fully saturated rings. The molecule has 23 heavy (non-hydrogen) atoms. The normalized spacial score (nSPS) is 10.9. The molecule has 0 spiro atoms. The molecule has 2 aromatic carbocycles. The van der Waals surface area contributed by atoms with Gasteiger partial charge in [-0.25, -0.2) is 4.79 Å². The van der Waals surface area contributed by atoms with Gasteiger partial charge in [-0.15, -0.1) is 0 Å². The van der Waals surface area contributed by atoms with Crippen molar-refractivity contribution in [1.29, 1.82) is 0 Å². The number of ether oxygens (including phenoxy) is 1. The van der Waals surface area contributed by atoms with Crippen LogP contribution in [0.15, 0.2) is 48.5 Å². The van der Waals surface area contributed by atoms with Gasteiger partial charge >= 0.3 is 5.97 Å².